The summed E-state index contributed by atoms with van der Waals surface area (Å²) in [6.07, 6.45) is 0. The Bertz CT molecular complexity index is 1090. The average Bonchev–Trinajstić information content (AvgIpc) is 2.63. The molecule has 0 aliphatic rings. The molecular formula is C17H10Cl3N3O4. The number of ether oxygens (including phenoxy) is 1. The fourth-order valence-electron chi connectivity index (χ4n) is 2.31. The minimum Gasteiger partial charge on any atom is -0.451 e. The van der Waals surface area contributed by atoms with Gasteiger partial charge in [0.1, 0.15) is 0 Å². The van der Waals surface area contributed by atoms with E-state index in [1.807, 2.05) is 0 Å². The summed E-state index contributed by atoms with van der Waals surface area (Å²) < 4.78 is 4.97. The highest BCUT2D eigenvalue weighted by Crippen LogP contribution is 2.33. The fourth-order valence-corrected chi connectivity index (χ4v) is 3.22. The van der Waals surface area contributed by atoms with Crippen molar-refractivity contribution in [3.8, 4) is 0 Å². The fraction of sp³-hybridized carbons (Fsp3) is 0.0588. The van der Waals surface area contributed by atoms with E-state index in [9.17, 15) is 14.4 Å². The Kier molecular flexibility index (Phi) is 5.65. The van der Waals surface area contributed by atoms with Crippen LogP contribution in [-0.4, -0.2) is 28.7 Å². The summed E-state index contributed by atoms with van der Waals surface area (Å²) in [6, 6.07) is 9.22. The highest BCUT2D eigenvalue weighted by molar-refractivity contribution is 6.42. The van der Waals surface area contributed by atoms with Crippen LogP contribution in [-0.2, 0) is 9.53 Å². The number of anilines is 1. The number of esters is 1. The summed E-state index contributed by atoms with van der Waals surface area (Å²) in [5.74, 6) is -1.53. The number of amides is 1. The number of carbonyl (C=O) groups excluding carboxylic acids is 2. The van der Waals surface area contributed by atoms with Crippen LogP contribution in [0.4, 0.5) is 5.69 Å². The SMILES string of the molecule is O=C(COC(=O)c1n[nH]c(=O)c2ccccc12)Nc1c(Cl)cc(Cl)cc1Cl. The van der Waals surface area contributed by atoms with Crippen molar-refractivity contribution in [2.24, 2.45) is 0 Å². The molecular weight excluding hydrogens is 417 g/mol. The van der Waals surface area contributed by atoms with Gasteiger partial charge in [0.15, 0.2) is 12.3 Å². The van der Waals surface area contributed by atoms with Crippen molar-refractivity contribution in [3.05, 3.63) is 67.5 Å². The molecule has 0 bridgehead atoms. The van der Waals surface area contributed by atoms with Crippen LogP contribution in [0.15, 0.2) is 41.2 Å². The van der Waals surface area contributed by atoms with Crippen LogP contribution in [0, 0.1) is 0 Å². The maximum absolute atomic E-state index is 12.2. The Morgan fingerprint density at radius 3 is 2.37 bits per heavy atom. The number of nitrogens with one attached hydrogen (secondary N) is 2. The molecule has 0 saturated carbocycles. The normalized spacial score (nSPS) is 10.6. The van der Waals surface area contributed by atoms with Crippen LogP contribution in [0.1, 0.15) is 10.5 Å². The smallest absolute Gasteiger partial charge is 0.359 e. The van der Waals surface area contributed by atoms with Gasteiger partial charge in [0.25, 0.3) is 11.5 Å². The Morgan fingerprint density at radius 1 is 1.07 bits per heavy atom. The number of nitrogens with zero attached hydrogens (tertiary/aromatic N) is 1. The first-order chi connectivity index (χ1) is 12.9. The monoisotopic (exact) mass is 425 g/mol. The average molecular weight is 427 g/mol. The third-order valence-electron chi connectivity index (χ3n) is 3.50. The molecule has 1 amide bonds. The van der Waals surface area contributed by atoms with Crippen LogP contribution in [0.2, 0.25) is 15.1 Å². The molecule has 3 aromatic rings. The van der Waals surface area contributed by atoms with Crippen LogP contribution >= 0.6 is 34.8 Å². The molecule has 27 heavy (non-hydrogen) atoms. The third-order valence-corrected chi connectivity index (χ3v) is 4.31. The lowest BCUT2D eigenvalue weighted by Crippen LogP contribution is -2.23. The van der Waals surface area contributed by atoms with Crippen molar-refractivity contribution in [2.45, 2.75) is 0 Å². The molecule has 0 radical (unpaired) electrons. The van der Waals surface area contributed by atoms with Gasteiger partial charge in [-0.25, -0.2) is 9.89 Å². The van der Waals surface area contributed by atoms with Crippen molar-refractivity contribution >= 4 is 63.1 Å². The first-order valence-electron chi connectivity index (χ1n) is 7.45. The lowest BCUT2D eigenvalue weighted by Gasteiger charge is -2.10. The molecule has 0 unspecified atom stereocenters. The van der Waals surface area contributed by atoms with Gasteiger partial charge in [-0.3, -0.25) is 9.59 Å². The lowest BCUT2D eigenvalue weighted by atomic mass is 10.1. The summed E-state index contributed by atoms with van der Waals surface area (Å²) in [6.45, 7) is -0.608. The van der Waals surface area contributed by atoms with E-state index in [4.69, 9.17) is 39.5 Å². The molecule has 1 aromatic heterocycles. The molecule has 138 valence electrons. The van der Waals surface area contributed by atoms with E-state index in [0.29, 0.717) is 10.4 Å². The van der Waals surface area contributed by atoms with E-state index in [0.717, 1.165) is 0 Å². The molecule has 3 rings (SSSR count). The van der Waals surface area contributed by atoms with Gasteiger partial charge in [-0.2, -0.15) is 5.10 Å². The van der Waals surface area contributed by atoms with E-state index in [-0.39, 0.29) is 26.8 Å². The Hall–Kier alpha value is -2.61. The van der Waals surface area contributed by atoms with Gasteiger partial charge in [0.05, 0.1) is 21.1 Å². The van der Waals surface area contributed by atoms with E-state index in [1.165, 1.54) is 12.1 Å². The lowest BCUT2D eigenvalue weighted by molar-refractivity contribution is -0.119. The van der Waals surface area contributed by atoms with Gasteiger partial charge in [0, 0.05) is 10.4 Å². The van der Waals surface area contributed by atoms with Gasteiger partial charge in [-0.15, -0.1) is 0 Å². The highest BCUT2D eigenvalue weighted by atomic mass is 35.5. The maximum Gasteiger partial charge on any atom is 0.359 e. The van der Waals surface area contributed by atoms with E-state index in [1.54, 1.807) is 24.3 Å². The van der Waals surface area contributed by atoms with Gasteiger partial charge in [-0.1, -0.05) is 53.0 Å². The molecule has 1 heterocycles. The molecule has 0 fully saturated rings. The number of carbonyl (C=O) groups is 2. The number of halogens is 3. The molecule has 7 nitrogen and oxygen atoms in total. The minimum atomic E-state index is -0.870. The first-order valence-corrected chi connectivity index (χ1v) is 8.59. The molecule has 0 atom stereocenters. The largest absolute Gasteiger partial charge is 0.451 e. The first kappa shape index (κ1) is 19.2. The Morgan fingerprint density at radius 2 is 1.70 bits per heavy atom. The highest BCUT2D eigenvalue weighted by Gasteiger charge is 2.18. The zero-order valence-corrected chi connectivity index (χ0v) is 15.7. The third kappa shape index (κ3) is 4.21. The number of aromatic nitrogens is 2. The van der Waals surface area contributed by atoms with Crippen LogP contribution in [0.25, 0.3) is 10.8 Å². The number of rotatable bonds is 4. The molecule has 10 heteroatoms. The summed E-state index contributed by atoms with van der Waals surface area (Å²) in [5.41, 5.74) is -0.399. The van der Waals surface area contributed by atoms with Crippen molar-refractivity contribution in [3.63, 3.8) is 0 Å². The molecule has 2 aromatic carbocycles. The Balaban J connectivity index is 1.72. The molecule has 0 aliphatic carbocycles. The zero-order valence-electron chi connectivity index (χ0n) is 13.4. The molecule has 0 spiro atoms. The predicted octanol–water partition coefficient (Wildman–Crippen LogP) is 3.68. The predicted molar refractivity (Wildman–Crippen MR) is 103 cm³/mol. The minimum absolute atomic E-state index is 0.111. The number of hydrogen-bond donors (Lipinski definition) is 2. The number of hydrogen-bond acceptors (Lipinski definition) is 5. The summed E-state index contributed by atoms with van der Waals surface area (Å²) >= 11 is 17.8. The molecule has 0 saturated heterocycles. The van der Waals surface area contributed by atoms with Gasteiger partial charge < -0.3 is 10.1 Å². The van der Waals surface area contributed by atoms with E-state index in [2.05, 4.69) is 15.5 Å². The van der Waals surface area contributed by atoms with Crippen molar-refractivity contribution in [2.75, 3.05) is 11.9 Å². The standard InChI is InChI=1S/C17H10Cl3N3O4/c18-8-5-11(19)15(12(20)6-8)21-13(24)7-27-17(26)14-9-3-1-2-4-10(9)16(25)23-22-14/h1-6H,7H2,(H,21,24)(H,23,25). The summed E-state index contributed by atoms with van der Waals surface area (Å²) in [7, 11) is 0. The van der Waals surface area contributed by atoms with Crippen molar-refractivity contribution in [1.29, 1.82) is 0 Å². The van der Waals surface area contributed by atoms with Gasteiger partial charge in [0.2, 0.25) is 0 Å². The van der Waals surface area contributed by atoms with Gasteiger partial charge >= 0.3 is 5.97 Å². The second-order valence-corrected chi connectivity index (χ2v) is 6.57. The number of benzene rings is 2. The zero-order chi connectivity index (χ0) is 19.6. The maximum atomic E-state index is 12.2. The van der Waals surface area contributed by atoms with E-state index < -0.39 is 24.0 Å². The number of H-pyrrole nitrogens is 1. The van der Waals surface area contributed by atoms with E-state index >= 15 is 0 Å². The summed E-state index contributed by atoms with van der Waals surface area (Å²) in [5, 5.41) is 9.55. The number of fused-ring (bicyclic) bond motifs is 1. The molecule has 2 N–H and O–H groups in total. The topological polar surface area (TPSA) is 101 Å². The van der Waals surface area contributed by atoms with Crippen LogP contribution < -0.4 is 10.9 Å². The quantitative estimate of drug-likeness (QED) is 0.620. The van der Waals surface area contributed by atoms with Crippen LogP contribution in [0.5, 0.6) is 0 Å². The molecule has 0 aliphatic heterocycles. The van der Waals surface area contributed by atoms with Crippen LogP contribution in [0.3, 0.4) is 0 Å². The second-order valence-electron chi connectivity index (χ2n) is 5.32. The van der Waals surface area contributed by atoms with Crippen molar-refractivity contribution in [1.82, 2.24) is 10.2 Å². The Labute approximate surface area is 167 Å². The second kappa shape index (κ2) is 7.96. The summed E-state index contributed by atoms with van der Waals surface area (Å²) in [4.78, 5) is 36.0. The number of aromatic amines is 1. The van der Waals surface area contributed by atoms with Gasteiger partial charge in [-0.05, 0) is 18.2 Å². The van der Waals surface area contributed by atoms with Crippen molar-refractivity contribution < 1.29 is 14.3 Å².